The van der Waals surface area contributed by atoms with Gasteiger partial charge in [-0.15, -0.1) is 0 Å². The van der Waals surface area contributed by atoms with Crippen molar-refractivity contribution in [2.45, 2.75) is 57.0 Å². The van der Waals surface area contributed by atoms with Crippen molar-refractivity contribution in [1.82, 2.24) is 20.8 Å². The summed E-state index contributed by atoms with van der Waals surface area (Å²) in [5.74, 6) is -1.58. The van der Waals surface area contributed by atoms with Crippen molar-refractivity contribution < 1.29 is 29.1 Å². The molecule has 0 aromatic carbocycles. The van der Waals surface area contributed by atoms with Crippen molar-refractivity contribution >= 4 is 47.9 Å². The van der Waals surface area contributed by atoms with Gasteiger partial charge in [-0.05, 0) is 52.9 Å². The number of rotatable bonds is 12. The molecule has 11 N–H and O–H groups in total. The van der Waals surface area contributed by atoms with Crippen LogP contribution in [0.25, 0.3) is 0 Å². The number of hydrogen-bond acceptors (Lipinski definition) is 13. The number of carbonyl (C=O) groups excluding carboxylic acids is 3. The van der Waals surface area contributed by atoms with Gasteiger partial charge in [-0.2, -0.15) is 0 Å². The minimum Gasteiger partial charge on any atom is -0.480 e. The van der Waals surface area contributed by atoms with E-state index in [-0.39, 0.29) is 35.2 Å². The van der Waals surface area contributed by atoms with Gasteiger partial charge in [0.05, 0.1) is 11.4 Å². The Labute approximate surface area is 203 Å². The summed E-state index contributed by atoms with van der Waals surface area (Å²) < 4.78 is 11.6. The Morgan fingerprint density at radius 2 is 1.73 bits per heavy atom. The van der Waals surface area contributed by atoms with E-state index in [1.807, 2.05) is 7.05 Å². The van der Waals surface area contributed by atoms with E-state index in [1.165, 1.54) is 0 Å². The van der Waals surface area contributed by atoms with Crippen molar-refractivity contribution in [2.24, 2.45) is 11.5 Å². The molecule has 1 aliphatic rings. The first-order valence-electron chi connectivity index (χ1n) is 10.1. The van der Waals surface area contributed by atoms with Crippen LogP contribution in [0.5, 0.6) is 0 Å². The second kappa shape index (κ2) is 26.3. The minimum absolute atomic E-state index is 0.148. The van der Waals surface area contributed by atoms with Crippen molar-refractivity contribution in [3.05, 3.63) is 0 Å². The number of hydrogen-bond donors (Lipinski definition) is 10. The molecule has 0 spiro atoms. The summed E-state index contributed by atoms with van der Waals surface area (Å²) in [4.78, 5) is 48.1. The fourth-order valence-corrected chi connectivity index (χ4v) is 2.21. The van der Waals surface area contributed by atoms with Gasteiger partial charge in [-0.3, -0.25) is 19.7 Å². The fourth-order valence-electron chi connectivity index (χ4n) is 2.12. The standard InChI is InChI=1S/C8H19N3O2S.C5H12N2O2.C4H5NO2.H2N2S/c1-9-6-4-3-5-7(10-2)8(12)13-11-14;6-3-1-2-4(7)5(8)9;6-3-1-2-4(7)5-3;1-3-2/h7,9-11,14H,3-6H2,1-2H3;4H,1-3,6-7H2,(H,8,9);1-2H2,(H,5,6,7);1-2H. The Hall–Kier alpha value is -1.95. The molecule has 0 radical (unpaired) electrons. The highest BCUT2D eigenvalue weighted by Crippen LogP contribution is 2.01. The molecule has 0 bridgehead atoms. The van der Waals surface area contributed by atoms with E-state index in [0.717, 1.165) is 25.8 Å². The molecule has 2 unspecified atom stereocenters. The molecular formula is C17H38N8O6S2. The molecule has 33 heavy (non-hydrogen) atoms. The molecule has 1 fully saturated rings. The quantitative estimate of drug-likeness (QED) is 0.0655. The lowest BCUT2D eigenvalue weighted by atomic mass is 10.1. The van der Waals surface area contributed by atoms with Crippen LogP contribution in [0, 0.1) is 9.56 Å². The molecule has 0 aliphatic carbocycles. The molecule has 2 amide bonds. The topological polar surface area (TPSA) is 246 Å². The maximum absolute atomic E-state index is 11.2. The van der Waals surface area contributed by atoms with E-state index in [4.69, 9.17) is 26.1 Å². The smallest absolute Gasteiger partial charge is 0.342 e. The third-order valence-electron chi connectivity index (χ3n) is 3.84. The van der Waals surface area contributed by atoms with Crippen LogP contribution < -0.4 is 32.3 Å². The lowest BCUT2D eigenvalue weighted by molar-refractivity contribution is -0.149. The van der Waals surface area contributed by atoms with Gasteiger partial charge in [-0.1, -0.05) is 24.1 Å². The van der Waals surface area contributed by atoms with Crippen LogP contribution in [-0.2, 0) is 35.4 Å². The second-order valence-corrected chi connectivity index (χ2v) is 6.79. The maximum atomic E-state index is 11.2. The van der Waals surface area contributed by atoms with Gasteiger partial charge in [-0.25, -0.2) is 14.4 Å². The highest BCUT2D eigenvalue weighted by Gasteiger charge is 2.17. The van der Waals surface area contributed by atoms with E-state index in [0.29, 0.717) is 32.2 Å². The summed E-state index contributed by atoms with van der Waals surface area (Å²) in [5.41, 5.74) is 10.3. The normalized spacial score (nSPS) is 13.5. The number of carboxylic acids is 1. The van der Waals surface area contributed by atoms with Gasteiger partial charge in [0, 0.05) is 12.8 Å². The molecule has 194 valence electrons. The highest BCUT2D eigenvalue weighted by molar-refractivity contribution is 7.77. The van der Waals surface area contributed by atoms with Crippen LogP contribution >= 0.6 is 12.8 Å². The minimum atomic E-state index is -0.955. The van der Waals surface area contributed by atoms with Crippen LogP contribution in [0.3, 0.4) is 0 Å². The van der Waals surface area contributed by atoms with Crippen LogP contribution in [0.2, 0.25) is 0 Å². The number of likely N-dealkylation sites (N-methyl/N-ethyl adjacent to an activating group) is 1. The molecule has 1 aliphatic heterocycles. The largest absolute Gasteiger partial charge is 0.480 e. The first kappa shape index (κ1) is 35.6. The van der Waals surface area contributed by atoms with Crippen LogP contribution in [0.1, 0.15) is 44.9 Å². The summed E-state index contributed by atoms with van der Waals surface area (Å²) in [7, 11) is 3.65. The number of imide groups is 1. The van der Waals surface area contributed by atoms with Crippen LogP contribution in [-0.4, -0.2) is 68.1 Å². The molecule has 14 nitrogen and oxygen atoms in total. The average Bonchev–Trinajstić information content (AvgIpc) is 3.16. The zero-order valence-electron chi connectivity index (χ0n) is 19.0. The molecule has 16 heteroatoms. The predicted octanol–water partition coefficient (Wildman–Crippen LogP) is -0.989. The van der Waals surface area contributed by atoms with E-state index >= 15 is 0 Å². The number of aliphatic carboxylic acids is 1. The Morgan fingerprint density at radius 3 is 2.06 bits per heavy atom. The Morgan fingerprint density at radius 1 is 1.18 bits per heavy atom. The molecule has 1 rings (SSSR count). The zero-order valence-corrected chi connectivity index (χ0v) is 20.7. The number of carbonyl (C=O) groups is 4. The third-order valence-corrected chi connectivity index (χ3v) is 3.93. The molecule has 2 atom stereocenters. The van der Waals surface area contributed by atoms with Gasteiger partial charge in [0.2, 0.25) is 11.8 Å². The summed E-state index contributed by atoms with van der Waals surface area (Å²) >= 11 is 3.84. The van der Waals surface area contributed by atoms with Gasteiger partial charge in [0.1, 0.15) is 12.1 Å². The Kier molecular flexibility index (Phi) is 28.4. The second-order valence-electron chi connectivity index (χ2n) is 6.40. The Bertz CT molecular complexity index is 580. The highest BCUT2D eigenvalue weighted by atomic mass is 32.1. The predicted molar refractivity (Wildman–Crippen MR) is 128 cm³/mol. The van der Waals surface area contributed by atoms with E-state index in [2.05, 4.69) is 38.5 Å². The lowest BCUT2D eigenvalue weighted by Gasteiger charge is -2.13. The number of nitrogens with one attached hydrogen (secondary N) is 6. The number of unbranched alkanes of at least 4 members (excludes halogenated alkanes) is 1. The number of thiol groups is 1. The van der Waals surface area contributed by atoms with Gasteiger partial charge >= 0.3 is 11.9 Å². The van der Waals surface area contributed by atoms with Gasteiger partial charge in [0.15, 0.2) is 0 Å². The van der Waals surface area contributed by atoms with Crippen molar-refractivity contribution in [2.75, 3.05) is 27.2 Å². The zero-order chi connectivity index (χ0) is 26.1. The van der Waals surface area contributed by atoms with Crippen molar-refractivity contribution in [1.29, 1.82) is 9.56 Å². The molecule has 1 heterocycles. The van der Waals surface area contributed by atoms with Gasteiger partial charge < -0.3 is 32.0 Å². The molecule has 0 saturated carbocycles. The molecular weight excluding hydrogens is 476 g/mol. The first-order chi connectivity index (χ1) is 15.6. The lowest BCUT2D eigenvalue weighted by Crippen LogP contribution is -2.37. The number of amides is 2. The molecule has 0 aromatic rings. The van der Waals surface area contributed by atoms with Crippen molar-refractivity contribution in [3.8, 4) is 0 Å². The number of carboxylic acid groups (broad SMARTS) is 1. The molecule has 0 aromatic heterocycles. The summed E-state index contributed by atoms with van der Waals surface area (Å²) in [6, 6.07) is -1.000. The first-order valence-corrected chi connectivity index (χ1v) is 11.3. The van der Waals surface area contributed by atoms with Crippen LogP contribution in [0.15, 0.2) is 0 Å². The van der Waals surface area contributed by atoms with E-state index in [9.17, 15) is 19.2 Å². The summed E-state index contributed by atoms with van der Waals surface area (Å²) in [6.07, 6.45) is 4.69. The molecule has 1 saturated heterocycles. The third kappa shape index (κ3) is 26.2. The summed E-state index contributed by atoms with van der Waals surface area (Å²) in [6.45, 7) is 1.47. The summed E-state index contributed by atoms with van der Waals surface area (Å²) in [5, 5.41) is 16.3. The Balaban J connectivity index is -0.000000406. The SMILES string of the molecule is CNCCCCC(NC)C(=O)ONS.N=S=N.NCCCC(N)C(=O)O.O=C1CCC(=O)N1. The monoisotopic (exact) mass is 514 g/mol. The number of nitrogens with two attached hydrogens (primary N) is 2. The van der Waals surface area contributed by atoms with Crippen molar-refractivity contribution in [3.63, 3.8) is 0 Å². The fraction of sp³-hybridized carbons (Fsp3) is 0.765. The van der Waals surface area contributed by atoms with Gasteiger partial charge in [0.25, 0.3) is 0 Å². The maximum Gasteiger partial charge on any atom is 0.342 e. The van der Waals surface area contributed by atoms with Crippen LogP contribution in [0.4, 0.5) is 0 Å². The van der Waals surface area contributed by atoms with E-state index in [1.54, 1.807) is 7.05 Å². The van der Waals surface area contributed by atoms with E-state index < -0.39 is 12.0 Å². The average molecular weight is 515 g/mol.